The van der Waals surface area contributed by atoms with Crippen LogP contribution in [-0.4, -0.2) is 20.7 Å². The highest BCUT2D eigenvalue weighted by molar-refractivity contribution is 5.95. The standard InChI is InChI=1S/C30H31N5O2/c1-19-25(27(31)36)26(22-11-8-12-24(17-22)37-18-20-9-6-5-7-10-20)35-29(32-19)33-28(34-35)21-13-15-23(16-14-21)30(2,3)4/h5-17,26H,18H2,1-4H3,(H2,31,36)(H,32,33,34). The summed E-state index contributed by atoms with van der Waals surface area (Å²) in [6, 6.07) is 25.4. The first-order valence-electron chi connectivity index (χ1n) is 12.3. The van der Waals surface area contributed by atoms with Gasteiger partial charge in [0.25, 0.3) is 0 Å². The molecule has 3 aromatic carbocycles. The molecule has 0 radical (unpaired) electrons. The van der Waals surface area contributed by atoms with Crippen LogP contribution >= 0.6 is 0 Å². The average molecular weight is 494 g/mol. The Morgan fingerprint density at radius 2 is 1.76 bits per heavy atom. The van der Waals surface area contributed by atoms with E-state index < -0.39 is 11.9 Å². The third kappa shape index (κ3) is 4.98. The number of allylic oxidation sites excluding steroid dienone is 1. The third-order valence-corrected chi connectivity index (χ3v) is 6.55. The second kappa shape index (κ2) is 9.58. The number of hydrogen-bond acceptors (Lipinski definition) is 5. The molecule has 37 heavy (non-hydrogen) atoms. The Balaban J connectivity index is 1.51. The van der Waals surface area contributed by atoms with Gasteiger partial charge in [-0.3, -0.25) is 4.79 Å². The fraction of sp³-hybridized carbons (Fsp3) is 0.233. The number of aromatic nitrogens is 3. The van der Waals surface area contributed by atoms with Gasteiger partial charge in [0.15, 0.2) is 5.82 Å². The molecule has 0 bridgehead atoms. The molecule has 1 amide bonds. The number of anilines is 1. The lowest BCUT2D eigenvalue weighted by molar-refractivity contribution is -0.115. The molecule has 1 atom stereocenters. The number of benzene rings is 3. The van der Waals surface area contributed by atoms with Crippen molar-refractivity contribution in [2.24, 2.45) is 5.73 Å². The van der Waals surface area contributed by atoms with Crippen LogP contribution in [0.5, 0.6) is 5.75 Å². The zero-order chi connectivity index (χ0) is 26.2. The molecule has 188 valence electrons. The van der Waals surface area contributed by atoms with Crippen LogP contribution in [-0.2, 0) is 16.8 Å². The fourth-order valence-corrected chi connectivity index (χ4v) is 4.54. The number of ether oxygens (including phenoxy) is 1. The predicted octanol–water partition coefficient (Wildman–Crippen LogP) is 5.60. The molecule has 2 heterocycles. The summed E-state index contributed by atoms with van der Waals surface area (Å²) in [5.74, 6) is 1.31. The molecule has 1 aromatic heterocycles. The van der Waals surface area contributed by atoms with Crippen molar-refractivity contribution in [2.45, 2.75) is 45.8 Å². The van der Waals surface area contributed by atoms with Crippen LogP contribution in [0.3, 0.4) is 0 Å². The molecule has 7 nitrogen and oxygen atoms in total. The van der Waals surface area contributed by atoms with Crippen molar-refractivity contribution in [2.75, 3.05) is 5.32 Å². The summed E-state index contributed by atoms with van der Waals surface area (Å²) in [6.07, 6.45) is 0. The van der Waals surface area contributed by atoms with Gasteiger partial charge in [0, 0.05) is 11.3 Å². The molecule has 4 aromatic rings. The Bertz CT molecular complexity index is 1460. The lowest BCUT2D eigenvalue weighted by atomic mass is 9.87. The summed E-state index contributed by atoms with van der Waals surface area (Å²) in [5.41, 5.74) is 11.0. The molecular formula is C30H31N5O2. The van der Waals surface area contributed by atoms with Gasteiger partial charge in [0.2, 0.25) is 11.9 Å². The third-order valence-electron chi connectivity index (χ3n) is 6.55. The highest BCUT2D eigenvalue weighted by Crippen LogP contribution is 2.37. The summed E-state index contributed by atoms with van der Waals surface area (Å²) < 4.78 is 7.79. The number of fused-ring (bicyclic) bond motifs is 1. The van der Waals surface area contributed by atoms with Gasteiger partial charge in [0.1, 0.15) is 18.4 Å². The number of nitrogens with two attached hydrogens (primary N) is 1. The largest absolute Gasteiger partial charge is 0.489 e. The fourth-order valence-electron chi connectivity index (χ4n) is 4.54. The molecule has 0 fully saturated rings. The second-order valence-electron chi connectivity index (χ2n) is 10.3. The number of amides is 1. The lowest BCUT2D eigenvalue weighted by Gasteiger charge is -2.27. The van der Waals surface area contributed by atoms with E-state index in [1.165, 1.54) is 5.56 Å². The number of rotatable bonds is 6. The lowest BCUT2D eigenvalue weighted by Crippen LogP contribution is -2.31. The highest BCUT2D eigenvalue weighted by atomic mass is 16.5. The van der Waals surface area contributed by atoms with Crippen LogP contribution in [0.15, 0.2) is 90.1 Å². The number of primary amides is 1. The molecule has 3 N–H and O–H groups in total. The van der Waals surface area contributed by atoms with E-state index in [1.54, 1.807) is 4.68 Å². The molecule has 1 aliphatic heterocycles. The van der Waals surface area contributed by atoms with Crippen LogP contribution in [0.4, 0.5) is 5.95 Å². The maximum atomic E-state index is 12.6. The zero-order valence-electron chi connectivity index (χ0n) is 21.5. The van der Waals surface area contributed by atoms with Crippen LogP contribution in [0.1, 0.15) is 50.4 Å². The molecular weight excluding hydrogens is 462 g/mol. The molecule has 0 saturated heterocycles. The SMILES string of the molecule is CC1=C(C(N)=O)C(c2cccc(OCc3ccccc3)c2)n2nc(-c3ccc(C(C)(C)C)cc3)nc2N1. The topological polar surface area (TPSA) is 95.1 Å². The average Bonchev–Trinajstić information content (AvgIpc) is 3.30. The minimum absolute atomic E-state index is 0.0526. The van der Waals surface area contributed by atoms with Crippen molar-refractivity contribution in [3.8, 4) is 17.1 Å². The maximum Gasteiger partial charge on any atom is 0.248 e. The number of nitrogens with one attached hydrogen (secondary N) is 1. The zero-order valence-corrected chi connectivity index (χ0v) is 21.5. The number of nitrogens with zero attached hydrogens (tertiary/aromatic N) is 3. The van der Waals surface area contributed by atoms with Crippen molar-refractivity contribution in [1.29, 1.82) is 0 Å². The van der Waals surface area contributed by atoms with Gasteiger partial charge in [-0.25, -0.2) is 4.68 Å². The van der Waals surface area contributed by atoms with Crippen LogP contribution < -0.4 is 15.8 Å². The molecule has 1 unspecified atom stereocenters. The Morgan fingerprint density at radius 1 is 1.03 bits per heavy atom. The first-order valence-corrected chi connectivity index (χ1v) is 12.3. The summed E-state index contributed by atoms with van der Waals surface area (Å²) in [5, 5.41) is 8.04. The second-order valence-corrected chi connectivity index (χ2v) is 10.3. The predicted molar refractivity (Wildman–Crippen MR) is 145 cm³/mol. The molecule has 0 spiro atoms. The van der Waals surface area contributed by atoms with Gasteiger partial charge in [0.05, 0.1) is 5.57 Å². The quantitative estimate of drug-likeness (QED) is 0.365. The van der Waals surface area contributed by atoms with E-state index in [4.69, 9.17) is 20.6 Å². The number of carbonyl (C=O) groups excluding carboxylic acids is 1. The first-order chi connectivity index (χ1) is 17.7. The van der Waals surface area contributed by atoms with E-state index >= 15 is 0 Å². The van der Waals surface area contributed by atoms with Crippen molar-refractivity contribution >= 4 is 11.9 Å². The number of hydrogen-bond donors (Lipinski definition) is 2. The van der Waals surface area contributed by atoms with Crippen molar-refractivity contribution in [3.05, 3.63) is 107 Å². The van der Waals surface area contributed by atoms with Crippen molar-refractivity contribution < 1.29 is 9.53 Å². The van der Waals surface area contributed by atoms with Gasteiger partial charge in [-0.1, -0.05) is 87.5 Å². The van der Waals surface area contributed by atoms with Gasteiger partial charge in [-0.05, 0) is 41.2 Å². The molecule has 0 aliphatic carbocycles. The Hall–Kier alpha value is -4.39. The van der Waals surface area contributed by atoms with E-state index in [0.717, 1.165) is 16.7 Å². The minimum Gasteiger partial charge on any atom is -0.489 e. The highest BCUT2D eigenvalue weighted by Gasteiger charge is 2.33. The van der Waals surface area contributed by atoms with E-state index in [2.05, 4.69) is 38.2 Å². The molecule has 7 heteroatoms. The van der Waals surface area contributed by atoms with Gasteiger partial charge in [-0.2, -0.15) is 4.98 Å². The first kappa shape index (κ1) is 24.3. The molecule has 5 rings (SSSR count). The number of carbonyl (C=O) groups is 1. The summed E-state index contributed by atoms with van der Waals surface area (Å²) in [6.45, 7) is 8.82. The van der Waals surface area contributed by atoms with Gasteiger partial charge < -0.3 is 15.8 Å². The van der Waals surface area contributed by atoms with Gasteiger partial charge in [-0.15, -0.1) is 5.10 Å². The summed E-state index contributed by atoms with van der Waals surface area (Å²) in [4.78, 5) is 17.3. The van der Waals surface area contributed by atoms with Crippen LogP contribution in [0, 0.1) is 0 Å². The van der Waals surface area contributed by atoms with E-state index in [-0.39, 0.29) is 5.41 Å². The normalized spacial score (nSPS) is 15.2. The van der Waals surface area contributed by atoms with E-state index in [1.807, 2.05) is 73.7 Å². The van der Waals surface area contributed by atoms with Gasteiger partial charge >= 0.3 is 0 Å². The smallest absolute Gasteiger partial charge is 0.248 e. The summed E-state index contributed by atoms with van der Waals surface area (Å²) >= 11 is 0. The monoisotopic (exact) mass is 493 g/mol. The maximum absolute atomic E-state index is 12.6. The summed E-state index contributed by atoms with van der Waals surface area (Å²) in [7, 11) is 0. The van der Waals surface area contributed by atoms with E-state index in [0.29, 0.717) is 35.4 Å². The van der Waals surface area contributed by atoms with Crippen molar-refractivity contribution in [3.63, 3.8) is 0 Å². The Kier molecular flexibility index (Phi) is 6.29. The molecule has 1 aliphatic rings. The minimum atomic E-state index is -0.538. The van der Waals surface area contributed by atoms with Crippen LogP contribution in [0.2, 0.25) is 0 Å². The molecule has 0 saturated carbocycles. The Morgan fingerprint density at radius 3 is 2.43 bits per heavy atom. The van der Waals surface area contributed by atoms with Crippen molar-refractivity contribution in [1.82, 2.24) is 14.8 Å². The van der Waals surface area contributed by atoms with E-state index in [9.17, 15) is 4.79 Å². The Labute approximate surface area is 217 Å². The van der Waals surface area contributed by atoms with Crippen LogP contribution in [0.25, 0.3) is 11.4 Å².